The van der Waals surface area contributed by atoms with Crippen molar-refractivity contribution < 1.29 is 0 Å². The standard InChI is InChI=1S/C7H5NOS.As/c9-7-5-3-1-2-4-6(5)10-8-7;/h1-4H,(H,8,9);. The average Bonchev–Trinajstić information content (AvgIpc) is 2.34. The first-order chi connectivity index (χ1) is 4.88. The van der Waals surface area contributed by atoms with Crippen LogP contribution in [0.1, 0.15) is 0 Å². The molecule has 0 fully saturated rings. The molecule has 0 aliphatic carbocycles. The largest absolute Gasteiger partial charge is 0.277 e. The Labute approximate surface area is 78.7 Å². The minimum Gasteiger partial charge on any atom is -0.277 e. The summed E-state index contributed by atoms with van der Waals surface area (Å²) in [5.41, 5.74) is 0.0144. The first kappa shape index (κ1) is 8.56. The summed E-state index contributed by atoms with van der Waals surface area (Å²) in [6, 6.07) is 7.54. The SMILES string of the molecule is O=c1[nH]sc2ccccc12.[As]. The van der Waals surface area contributed by atoms with Crippen LogP contribution < -0.4 is 5.56 Å². The van der Waals surface area contributed by atoms with Gasteiger partial charge in [-0.15, -0.1) is 0 Å². The predicted molar refractivity (Wildman–Crippen MR) is 48.2 cm³/mol. The Balaban J connectivity index is 0.000000605. The molecule has 1 aromatic heterocycles. The van der Waals surface area contributed by atoms with E-state index in [2.05, 4.69) is 4.37 Å². The van der Waals surface area contributed by atoms with Crippen molar-refractivity contribution >= 4 is 39.6 Å². The van der Waals surface area contributed by atoms with Crippen LogP contribution in [0.25, 0.3) is 10.1 Å². The van der Waals surface area contributed by atoms with E-state index in [1.807, 2.05) is 24.3 Å². The van der Waals surface area contributed by atoms with Crippen molar-refractivity contribution in [3.05, 3.63) is 34.6 Å². The fraction of sp³-hybridized carbons (Fsp3) is 0. The number of hydrogen-bond donors (Lipinski definition) is 1. The number of rotatable bonds is 0. The Morgan fingerprint density at radius 1 is 1.27 bits per heavy atom. The van der Waals surface area contributed by atoms with Crippen LogP contribution in [0.3, 0.4) is 0 Å². The number of benzene rings is 1. The van der Waals surface area contributed by atoms with E-state index >= 15 is 0 Å². The molecule has 1 N–H and O–H groups in total. The third-order valence-electron chi connectivity index (χ3n) is 1.39. The number of fused-ring (bicyclic) bond motifs is 1. The quantitative estimate of drug-likeness (QED) is 0.673. The molecule has 1 aromatic carbocycles. The van der Waals surface area contributed by atoms with Crippen molar-refractivity contribution in [3.8, 4) is 0 Å². The van der Waals surface area contributed by atoms with Gasteiger partial charge in [0.1, 0.15) is 0 Å². The van der Waals surface area contributed by atoms with E-state index < -0.39 is 0 Å². The Morgan fingerprint density at radius 3 is 2.73 bits per heavy atom. The van der Waals surface area contributed by atoms with E-state index in [9.17, 15) is 4.79 Å². The summed E-state index contributed by atoms with van der Waals surface area (Å²) in [6.45, 7) is 0. The monoisotopic (exact) mass is 226 g/mol. The first-order valence-electron chi connectivity index (χ1n) is 2.94. The van der Waals surface area contributed by atoms with Gasteiger partial charge >= 0.3 is 0 Å². The van der Waals surface area contributed by atoms with Crippen LogP contribution in [-0.4, -0.2) is 22.3 Å². The molecule has 0 saturated carbocycles. The minimum atomic E-state index is 0. The van der Waals surface area contributed by atoms with Crippen molar-refractivity contribution in [1.82, 2.24) is 4.37 Å². The zero-order valence-electron chi connectivity index (χ0n) is 5.57. The van der Waals surface area contributed by atoms with E-state index in [0.29, 0.717) is 0 Å². The number of H-pyrrole nitrogens is 1. The minimum absolute atomic E-state index is 0. The molecule has 2 rings (SSSR count). The summed E-state index contributed by atoms with van der Waals surface area (Å²) in [4.78, 5) is 10.9. The summed E-state index contributed by atoms with van der Waals surface area (Å²) in [5.74, 6) is 0. The van der Waals surface area contributed by atoms with Gasteiger partial charge in [0.05, 0.1) is 10.1 Å². The molecule has 0 amide bonds. The maximum atomic E-state index is 10.9. The van der Waals surface area contributed by atoms with E-state index in [0.717, 1.165) is 10.1 Å². The number of aromatic nitrogens is 1. The second kappa shape index (κ2) is 3.24. The van der Waals surface area contributed by atoms with Gasteiger partial charge in [-0.25, -0.2) is 0 Å². The topological polar surface area (TPSA) is 32.9 Å². The molecule has 11 heavy (non-hydrogen) atoms. The summed E-state index contributed by atoms with van der Waals surface area (Å²) in [6.07, 6.45) is 0. The molecule has 3 radical (unpaired) electrons. The molecule has 1 heterocycles. The number of hydrogen-bond acceptors (Lipinski definition) is 2. The molecular weight excluding hydrogens is 221 g/mol. The third-order valence-corrected chi connectivity index (χ3v) is 2.25. The van der Waals surface area contributed by atoms with E-state index in [1.54, 1.807) is 0 Å². The van der Waals surface area contributed by atoms with Crippen LogP contribution in [0.15, 0.2) is 29.1 Å². The fourth-order valence-electron chi connectivity index (χ4n) is 0.900. The van der Waals surface area contributed by atoms with Gasteiger partial charge in [-0.3, -0.25) is 9.17 Å². The molecule has 0 aliphatic heterocycles. The van der Waals surface area contributed by atoms with Crippen LogP contribution in [-0.2, 0) is 0 Å². The molecule has 4 heteroatoms. The van der Waals surface area contributed by atoms with Gasteiger partial charge in [0, 0.05) is 18.0 Å². The van der Waals surface area contributed by atoms with Gasteiger partial charge in [0.2, 0.25) is 0 Å². The Kier molecular flexibility index (Phi) is 2.53. The molecule has 2 nitrogen and oxygen atoms in total. The van der Waals surface area contributed by atoms with Crippen LogP contribution in [0.4, 0.5) is 0 Å². The molecule has 0 spiro atoms. The van der Waals surface area contributed by atoms with Crippen LogP contribution in [0.2, 0.25) is 0 Å². The first-order valence-corrected chi connectivity index (χ1v) is 3.76. The zero-order valence-corrected chi connectivity index (χ0v) is 8.27. The second-order valence-electron chi connectivity index (χ2n) is 2.03. The Bertz CT molecular complexity index is 406. The summed E-state index contributed by atoms with van der Waals surface area (Å²) >= 11 is 1.38. The third kappa shape index (κ3) is 1.39. The van der Waals surface area contributed by atoms with Crippen molar-refractivity contribution in [2.24, 2.45) is 0 Å². The fourth-order valence-corrected chi connectivity index (χ4v) is 1.63. The van der Waals surface area contributed by atoms with E-state index in [4.69, 9.17) is 0 Å². The van der Waals surface area contributed by atoms with E-state index in [1.165, 1.54) is 11.5 Å². The van der Waals surface area contributed by atoms with Gasteiger partial charge in [-0.1, -0.05) is 23.7 Å². The molecule has 0 saturated heterocycles. The molecule has 0 atom stereocenters. The maximum absolute atomic E-state index is 10.9. The molecule has 0 bridgehead atoms. The summed E-state index contributed by atoms with van der Waals surface area (Å²) in [5, 5.41) is 0.785. The predicted octanol–water partition coefficient (Wildman–Crippen LogP) is 1.21. The molecule has 0 aliphatic rings. The molecule has 0 unspecified atom stereocenters. The Morgan fingerprint density at radius 2 is 2.00 bits per heavy atom. The number of aromatic amines is 1. The van der Waals surface area contributed by atoms with E-state index in [-0.39, 0.29) is 23.5 Å². The normalized spacial score (nSPS) is 9.45. The van der Waals surface area contributed by atoms with Gasteiger partial charge < -0.3 is 0 Å². The average molecular weight is 226 g/mol. The molecular formula is C7H5AsNOS. The van der Waals surface area contributed by atoms with Gasteiger partial charge in [0.25, 0.3) is 5.56 Å². The van der Waals surface area contributed by atoms with Gasteiger partial charge in [-0.2, -0.15) is 0 Å². The van der Waals surface area contributed by atoms with Crippen LogP contribution in [0, 0.1) is 0 Å². The van der Waals surface area contributed by atoms with Crippen LogP contribution in [0.5, 0.6) is 0 Å². The molecule has 2 aromatic rings. The van der Waals surface area contributed by atoms with Crippen molar-refractivity contribution in [2.45, 2.75) is 0 Å². The zero-order chi connectivity index (χ0) is 6.97. The summed E-state index contributed by atoms with van der Waals surface area (Å²) < 4.78 is 3.68. The van der Waals surface area contributed by atoms with Gasteiger partial charge in [0.15, 0.2) is 0 Å². The second-order valence-corrected chi connectivity index (χ2v) is 2.88. The van der Waals surface area contributed by atoms with Crippen molar-refractivity contribution in [1.29, 1.82) is 0 Å². The van der Waals surface area contributed by atoms with Gasteiger partial charge in [-0.05, 0) is 12.1 Å². The van der Waals surface area contributed by atoms with Crippen molar-refractivity contribution in [3.63, 3.8) is 0 Å². The Hall–Kier alpha value is -0.532. The molecule has 55 valence electrons. The summed E-state index contributed by atoms with van der Waals surface area (Å²) in [7, 11) is 0. The smallest absolute Gasteiger partial charge is 0.265 e. The van der Waals surface area contributed by atoms with Crippen molar-refractivity contribution in [2.75, 3.05) is 0 Å². The number of nitrogens with one attached hydrogen (secondary N) is 1. The van der Waals surface area contributed by atoms with Crippen LogP contribution >= 0.6 is 11.5 Å². The maximum Gasteiger partial charge on any atom is 0.265 e.